The summed E-state index contributed by atoms with van der Waals surface area (Å²) in [6.45, 7) is 9.47. The highest BCUT2D eigenvalue weighted by molar-refractivity contribution is 5.32. The fourth-order valence-corrected chi connectivity index (χ4v) is 2.81. The molecule has 2 rings (SSSR count). The van der Waals surface area contributed by atoms with Crippen molar-refractivity contribution in [2.75, 3.05) is 45.2 Å². The molecule has 0 amide bonds. The maximum absolute atomic E-state index is 4.67. The Hall–Kier alpha value is -1.20. The number of likely N-dealkylation sites (tertiary alicyclic amines) is 1. The fourth-order valence-electron chi connectivity index (χ4n) is 2.81. The summed E-state index contributed by atoms with van der Waals surface area (Å²) in [6.07, 6.45) is 4.52. The SMILES string of the molecule is CCNCc1cnc(N(C)CC2CCN(C)CC2)nc1C. The van der Waals surface area contributed by atoms with Gasteiger partial charge in [-0.2, -0.15) is 0 Å². The van der Waals surface area contributed by atoms with Crippen molar-refractivity contribution in [3.05, 3.63) is 17.5 Å². The molecule has 118 valence electrons. The Morgan fingerprint density at radius 3 is 2.71 bits per heavy atom. The van der Waals surface area contributed by atoms with E-state index < -0.39 is 0 Å². The van der Waals surface area contributed by atoms with Gasteiger partial charge in [0.2, 0.25) is 5.95 Å². The van der Waals surface area contributed by atoms with E-state index in [1.807, 2.05) is 6.20 Å². The molecule has 0 saturated carbocycles. The van der Waals surface area contributed by atoms with E-state index in [9.17, 15) is 0 Å². The second kappa shape index (κ2) is 7.71. The van der Waals surface area contributed by atoms with Crippen molar-refractivity contribution >= 4 is 5.95 Å². The highest BCUT2D eigenvalue weighted by atomic mass is 15.2. The summed E-state index contributed by atoms with van der Waals surface area (Å²) < 4.78 is 0. The van der Waals surface area contributed by atoms with Crippen LogP contribution in [0.2, 0.25) is 0 Å². The highest BCUT2D eigenvalue weighted by Crippen LogP contribution is 2.19. The third kappa shape index (κ3) is 4.64. The van der Waals surface area contributed by atoms with Gasteiger partial charge in [0.05, 0.1) is 0 Å². The van der Waals surface area contributed by atoms with E-state index in [1.165, 1.54) is 31.5 Å². The molecule has 1 aliphatic heterocycles. The summed E-state index contributed by atoms with van der Waals surface area (Å²) in [5, 5.41) is 3.33. The Morgan fingerprint density at radius 1 is 1.38 bits per heavy atom. The first kappa shape index (κ1) is 16.2. The largest absolute Gasteiger partial charge is 0.344 e. The minimum atomic E-state index is 0.761. The molecule has 0 aliphatic carbocycles. The van der Waals surface area contributed by atoms with Crippen molar-refractivity contribution in [2.24, 2.45) is 5.92 Å². The first-order chi connectivity index (χ1) is 10.1. The summed E-state index contributed by atoms with van der Waals surface area (Å²) in [5.74, 6) is 1.61. The van der Waals surface area contributed by atoms with Crippen molar-refractivity contribution in [1.82, 2.24) is 20.2 Å². The van der Waals surface area contributed by atoms with Gasteiger partial charge in [0.1, 0.15) is 0 Å². The van der Waals surface area contributed by atoms with Crippen molar-refractivity contribution in [1.29, 1.82) is 0 Å². The van der Waals surface area contributed by atoms with Crippen LogP contribution in [-0.4, -0.2) is 55.1 Å². The van der Waals surface area contributed by atoms with Gasteiger partial charge < -0.3 is 15.1 Å². The minimum absolute atomic E-state index is 0.761. The molecule has 5 heteroatoms. The van der Waals surface area contributed by atoms with Crippen LogP contribution < -0.4 is 10.2 Å². The molecule has 0 aromatic carbocycles. The van der Waals surface area contributed by atoms with E-state index in [2.05, 4.69) is 53.0 Å². The lowest BCUT2D eigenvalue weighted by atomic mass is 9.97. The van der Waals surface area contributed by atoms with Crippen LogP contribution in [-0.2, 0) is 6.54 Å². The third-order valence-electron chi connectivity index (χ3n) is 4.35. The average molecular weight is 291 g/mol. The first-order valence-corrected chi connectivity index (χ1v) is 8.03. The number of nitrogens with one attached hydrogen (secondary N) is 1. The summed E-state index contributed by atoms with van der Waals surface area (Å²) >= 11 is 0. The predicted octanol–water partition coefficient (Wildman–Crippen LogP) is 1.67. The number of piperidine rings is 1. The quantitative estimate of drug-likeness (QED) is 0.864. The smallest absolute Gasteiger partial charge is 0.225 e. The van der Waals surface area contributed by atoms with Gasteiger partial charge in [-0.3, -0.25) is 0 Å². The molecule has 0 spiro atoms. The molecule has 2 heterocycles. The van der Waals surface area contributed by atoms with Crippen LogP contribution in [0.1, 0.15) is 31.0 Å². The minimum Gasteiger partial charge on any atom is -0.344 e. The lowest BCUT2D eigenvalue weighted by Crippen LogP contribution is -2.36. The molecule has 1 aliphatic rings. The molecule has 0 bridgehead atoms. The monoisotopic (exact) mass is 291 g/mol. The normalized spacial score (nSPS) is 17.1. The molecule has 1 aromatic heterocycles. The molecule has 1 fully saturated rings. The zero-order valence-electron chi connectivity index (χ0n) is 13.9. The molecule has 0 radical (unpaired) electrons. The molecular weight excluding hydrogens is 262 g/mol. The number of aromatic nitrogens is 2. The number of nitrogens with zero attached hydrogens (tertiary/aromatic N) is 4. The maximum atomic E-state index is 4.67. The summed E-state index contributed by atoms with van der Waals surface area (Å²) in [4.78, 5) is 13.8. The van der Waals surface area contributed by atoms with Gasteiger partial charge in [0.25, 0.3) is 0 Å². The van der Waals surface area contributed by atoms with Crippen LogP contribution in [0.5, 0.6) is 0 Å². The average Bonchev–Trinajstić information content (AvgIpc) is 2.48. The van der Waals surface area contributed by atoms with Gasteiger partial charge >= 0.3 is 0 Å². The number of anilines is 1. The van der Waals surface area contributed by atoms with Crippen LogP contribution >= 0.6 is 0 Å². The lowest BCUT2D eigenvalue weighted by Gasteiger charge is -2.31. The van der Waals surface area contributed by atoms with E-state index in [0.29, 0.717) is 0 Å². The third-order valence-corrected chi connectivity index (χ3v) is 4.35. The van der Waals surface area contributed by atoms with Gasteiger partial charge in [-0.15, -0.1) is 0 Å². The Balaban J connectivity index is 1.92. The summed E-state index contributed by atoms with van der Waals surface area (Å²) in [5.41, 5.74) is 2.27. The number of hydrogen-bond acceptors (Lipinski definition) is 5. The Bertz CT molecular complexity index is 440. The zero-order valence-corrected chi connectivity index (χ0v) is 13.9. The topological polar surface area (TPSA) is 44.3 Å². The van der Waals surface area contributed by atoms with Crippen molar-refractivity contribution in [3.8, 4) is 0 Å². The number of hydrogen-bond donors (Lipinski definition) is 1. The van der Waals surface area contributed by atoms with Crippen LogP contribution in [0.4, 0.5) is 5.95 Å². The molecule has 0 atom stereocenters. The summed E-state index contributed by atoms with van der Waals surface area (Å²) in [6, 6.07) is 0. The fraction of sp³-hybridized carbons (Fsp3) is 0.750. The number of rotatable bonds is 6. The molecule has 21 heavy (non-hydrogen) atoms. The number of aryl methyl sites for hydroxylation is 1. The van der Waals surface area contributed by atoms with Crippen LogP contribution in [0.25, 0.3) is 0 Å². The Labute approximate surface area is 128 Å². The molecular formula is C16H29N5. The molecule has 1 aromatic rings. The molecule has 1 N–H and O–H groups in total. The second-order valence-corrected chi connectivity index (χ2v) is 6.19. The van der Waals surface area contributed by atoms with Crippen molar-refractivity contribution in [3.63, 3.8) is 0 Å². The first-order valence-electron chi connectivity index (χ1n) is 8.03. The van der Waals surface area contributed by atoms with E-state index >= 15 is 0 Å². The molecule has 5 nitrogen and oxygen atoms in total. The van der Waals surface area contributed by atoms with Gasteiger partial charge in [-0.05, 0) is 52.4 Å². The Morgan fingerprint density at radius 2 is 2.10 bits per heavy atom. The zero-order chi connectivity index (χ0) is 15.2. The van der Waals surface area contributed by atoms with E-state index in [-0.39, 0.29) is 0 Å². The highest BCUT2D eigenvalue weighted by Gasteiger charge is 2.19. The van der Waals surface area contributed by atoms with Gasteiger partial charge in [-0.1, -0.05) is 6.92 Å². The van der Waals surface area contributed by atoms with E-state index in [0.717, 1.165) is 37.2 Å². The summed E-state index contributed by atoms with van der Waals surface area (Å²) in [7, 11) is 4.31. The van der Waals surface area contributed by atoms with Gasteiger partial charge in [0.15, 0.2) is 0 Å². The van der Waals surface area contributed by atoms with E-state index in [1.54, 1.807) is 0 Å². The molecule has 1 saturated heterocycles. The lowest BCUT2D eigenvalue weighted by molar-refractivity contribution is 0.222. The molecule has 0 unspecified atom stereocenters. The van der Waals surface area contributed by atoms with E-state index in [4.69, 9.17) is 0 Å². The maximum Gasteiger partial charge on any atom is 0.225 e. The standard InChI is InChI=1S/C16H29N5/c1-5-17-10-15-11-18-16(19-13(15)2)21(4)12-14-6-8-20(3)9-7-14/h11,14,17H,5-10,12H2,1-4H3. The van der Waals surface area contributed by atoms with Crippen LogP contribution in [0.3, 0.4) is 0 Å². The van der Waals surface area contributed by atoms with Crippen molar-refractivity contribution < 1.29 is 0 Å². The van der Waals surface area contributed by atoms with Crippen LogP contribution in [0, 0.1) is 12.8 Å². The second-order valence-electron chi connectivity index (χ2n) is 6.19. The van der Waals surface area contributed by atoms with Gasteiger partial charge in [0, 0.05) is 37.6 Å². The van der Waals surface area contributed by atoms with Gasteiger partial charge in [-0.25, -0.2) is 9.97 Å². The van der Waals surface area contributed by atoms with Crippen molar-refractivity contribution in [2.45, 2.75) is 33.2 Å². The predicted molar refractivity (Wildman–Crippen MR) is 87.6 cm³/mol. The Kier molecular flexibility index (Phi) is 5.94. The van der Waals surface area contributed by atoms with Crippen LogP contribution in [0.15, 0.2) is 6.20 Å².